The van der Waals surface area contributed by atoms with Crippen molar-refractivity contribution in [1.82, 2.24) is 9.80 Å². The van der Waals surface area contributed by atoms with Crippen LogP contribution >= 0.6 is 0 Å². The third-order valence-corrected chi connectivity index (χ3v) is 4.25. The average Bonchev–Trinajstić information content (AvgIpc) is 2.47. The summed E-state index contributed by atoms with van der Waals surface area (Å²) in [5.74, 6) is 0. The second-order valence-corrected chi connectivity index (χ2v) is 6.12. The van der Waals surface area contributed by atoms with Gasteiger partial charge in [-0.25, -0.2) is 0 Å². The largest absolute Gasteiger partial charge is 0.416 e. The maximum Gasteiger partial charge on any atom is 0.416 e. The minimum Gasteiger partial charge on any atom is -0.304 e. The Morgan fingerprint density at radius 1 is 0.917 bits per heavy atom. The van der Waals surface area contributed by atoms with Gasteiger partial charge in [-0.05, 0) is 50.2 Å². The molecule has 2 rings (SSSR count). The lowest BCUT2D eigenvalue weighted by molar-refractivity contribution is -0.141. The van der Waals surface area contributed by atoms with E-state index in [1.54, 1.807) is 0 Å². The highest BCUT2D eigenvalue weighted by Gasteiger charge is 2.36. The minimum atomic E-state index is -4.65. The Morgan fingerprint density at radius 2 is 1.54 bits per heavy atom. The van der Waals surface area contributed by atoms with Crippen molar-refractivity contribution < 1.29 is 26.3 Å². The molecule has 2 nitrogen and oxygen atoms in total. The van der Waals surface area contributed by atoms with Crippen LogP contribution in [0.1, 0.15) is 23.1 Å². The van der Waals surface area contributed by atoms with E-state index < -0.39 is 23.5 Å². The molecule has 1 aromatic rings. The fourth-order valence-electron chi connectivity index (χ4n) is 2.82. The van der Waals surface area contributed by atoms with Crippen LogP contribution in [0.3, 0.4) is 0 Å². The molecule has 0 aliphatic carbocycles. The van der Waals surface area contributed by atoms with Crippen molar-refractivity contribution in [3.05, 3.63) is 34.9 Å². The second kappa shape index (κ2) is 7.31. The van der Waals surface area contributed by atoms with Gasteiger partial charge in [-0.15, -0.1) is 0 Å². The maximum atomic E-state index is 13.0. The first-order valence-electron chi connectivity index (χ1n) is 7.75. The fourth-order valence-corrected chi connectivity index (χ4v) is 2.82. The number of rotatable bonds is 4. The first-order chi connectivity index (χ1) is 11.1. The normalized spacial score (nSPS) is 18.1. The van der Waals surface area contributed by atoms with Crippen molar-refractivity contribution in [3.8, 4) is 0 Å². The summed E-state index contributed by atoms with van der Waals surface area (Å²) in [6.07, 6.45) is -8.91. The summed E-state index contributed by atoms with van der Waals surface area (Å²) in [4.78, 5) is 4.28. The second-order valence-electron chi connectivity index (χ2n) is 6.12. The lowest BCUT2D eigenvalue weighted by Gasteiger charge is -2.32. The van der Waals surface area contributed by atoms with Crippen molar-refractivity contribution in [2.45, 2.75) is 25.2 Å². The van der Waals surface area contributed by atoms with E-state index in [9.17, 15) is 26.3 Å². The van der Waals surface area contributed by atoms with Crippen molar-refractivity contribution in [2.24, 2.45) is 0 Å². The smallest absolute Gasteiger partial charge is 0.304 e. The fraction of sp³-hybridized carbons (Fsp3) is 0.625. The summed E-state index contributed by atoms with van der Waals surface area (Å²) in [5, 5.41) is 0. The Morgan fingerprint density at radius 3 is 2.08 bits per heavy atom. The molecule has 0 saturated carbocycles. The highest BCUT2D eigenvalue weighted by atomic mass is 19.4. The molecule has 0 unspecified atom stereocenters. The zero-order chi connectivity index (χ0) is 18.0. The SMILES string of the molecule is CN1CCN(CCCc2cc(C(F)(F)F)ccc2C(F)(F)F)CC1. The predicted octanol–water partition coefficient (Wildman–Crippen LogP) is 3.90. The van der Waals surface area contributed by atoms with E-state index >= 15 is 0 Å². The van der Waals surface area contributed by atoms with E-state index in [0.29, 0.717) is 31.2 Å². The summed E-state index contributed by atoms with van der Waals surface area (Å²) in [5.41, 5.74) is -2.30. The Labute approximate surface area is 137 Å². The summed E-state index contributed by atoms with van der Waals surface area (Å²) in [6.45, 7) is 4.01. The van der Waals surface area contributed by atoms with E-state index in [1.165, 1.54) is 0 Å². The standard InChI is InChI=1S/C16H20F6N2/c1-23-7-9-24(10-8-23)6-2-3-12-11-13(15(17,18)19)4-5-14(12)16(20,21)22/h4-5,11H,2-3,6-10H2,1H3. The molecule has 0 N–H and O–H groups in total. The van der Waals surface area contributed by atoms with Crippen molar-refractivity contribution in [1.29, 1.82) is 0 Å². The number of nitrogens with zero attached hydrogens (tertiary/aromatic N) is 2. The van der Waals surface area contributed by atoms with Crippen molar-refractivity contribution >= 4 is 0 Å². The van der Waals surface area contributed by atoms with E-state index in [-0.39, 0.29) is 12.0 Å². The number of halogens is 6. The molecule has 0 bridgehead atoms. The molecule has 0 radical (unpaired) electrons. The topological polar surface area (TPSA) is 6.48 Å². The molecular formula is C16H20F6N2. The van der Waals surface area contributed by atoms with Crippen molar-refractivity contribution in [2.75, 3.05) is 39.8 Å². The number of likely N-dealkylation sites (N-methyl/N-ethyl adjacent to an activating group) is 1. The van der Waals surface area contributed by atoms with Gasteiger partial charge in [0.05, 0.1) is 11.1 Å². The third kappa shape index (κ3) is 5.11. The minimum absolute atomic E-state index is 0.0227. The van der Waals surface area contributed by atoms with E-state index in [0.717, 1.165) is 26.2 Å². The average molecular weight is 354 g/mol. The Kier molecular flexibility index (Phi) is 5.80. The van der Waals surface area contributed by atoms with Gasteiger partial charge >= 0.3 is 12.4 Å². The molecule has 1 aliphatic heterocycles. The molecule has 0 amide bonds. The number of hydrogen-bond donors (Lipinski definition) is 0. The van der Waals surface area contributed by atoms with Crippen molar-refractivity contribution in [3.63, 3.8) is 0 Å². The molecular weight excluding hydrogens is 334 g/mol. The van der Waals surface area contributed by atoms with Gasteiger partial charge in [-0.2, -0.15) is 26.3 Å². The van der Waals surface area contributed by atoms with Gasteiger partial charge in [0.1, 0.15) is 0 Å². The number of benzene rings is 1. The van der Waals surface area contributed by atoms with Gasteiger partial charge in [0, 0.05) is 26.2 Å². The van der Waals surface area contributed by atoms with Crippen LogP contribution in [-0.4, -0.2) is 49.6 Å². The third-order valence-electron chi connectivity index (χ3n) is 4.25. The summed E-state index contributed by atoms with van der Waals surface area (Å²) in [7, 11) is 2.00. The number of alkyl halides is 6. The molecule has 0 aromatic heterocycles. The summed E-state index contributed by atoms with van der Waals surface area (Å²) in [6, 6.07) is 1.66. The van der Waals surface area contributed by atoms with Gasteiger partial charge in [0.25, 0.3) is 0 Å². The van der Waals surface area contributed by atoms with Crippen LogP contribution in [0.15, 0.2) is 18.2 Å². The summed E-state index contributed by atoms with van der Waals surface area (Å²) >= 11 is 0. The molecule has 24 heavy (non-hydrogen) atoms. The highest BCUT2D eigenvalue weighted by molar-refractivity contribution is 5.35. The number of hydrogen-bond acceptors (Lipinski definition) is 2. The molecule has 8 heteroatoms. The summed E-state index contributed by atoms with van der Waals surface area (Å²) < 4.78 is 77.3. The molecule has 1 aromatic carbocycles. The van der Waals surface area contributed by atoms with Crippen LogP contribution in [0.2, 0.25) is 0 Å². The molecule has 0 spiro atoms. The molecule has 136 valence electrons. The number of aryl methyl sites for hydroxylation is 1. The van der Waals surface area contributed by atoms with Crippen LogP contribution in [0.25, 0.3) is 0 Å². The van der Waals surface area contributed by atoms with Gasteiger partial charge in [0.2, 0.25) is 0 Å². The van der Waals surface area contributed by atoms with E-state index in [4.69, 9.17) is 0 Å². The molecule has 1 fully saturated rings. The quantitative estimate of drug-likeness (QED) is 0.757. The van der Waals surface area contributed by atoms with Gasteiger partial charge in [-0.1, -0.05) is 0 Å². The Balaban J connectivity index is 2.06. The lowest BCUT2D eigenvalue weighted by Crippen LogP contribution is -2.44. The molecule has 1 heterocycles. The maximum absolute atomic E-state index is 13.0. The molecule has 0 atom stereocenters. The molecule has 1 saturated heterocycles. The van der Waals surface area contributed by atoms with Crippen LogP contribution in [0.4, 0.5) is 26.3 Å². The number of piperazine rings is 1. The zero-order valence-electron chi connectivity index (χ0n) is 13.3. The molecule has 1 aliphatic rings. The lowest BCUT2D eigenvalue weighted by atomic mass is 9.99. The van der Waals surface area contributed by atoms with Crippen LogP contribution in [-0.2, 0) is 18.8 Å². The van der Waals surface area contributed by atoms with Crippen LogP contribution in [0, 0.1) is 0 Å². The first kappa shape index (κ1) is 19.1. The van der Waals surface area contributed by atoms with Gasteiger partial charge in [0.15, 0.2) is 0 Å². The monoisotopic (exact) mass is 354 g/mol. The predicted molar refractivity (Wildman–Crippen MR) is 78.7 cm³/mol. The van der Waals surface area contributed by atoms with Crippen LogP contribution < -0.4 is 0 Å². The van der Waals surface area contributed by atoms with E-state index in [1.807, 2.05) is 7.05 Å². The zero-order valence-corrected chi connectivity index (χ0v) is 13.3. The van der Waals surface area contributed by atoms with Gasteiger partial charge in [-0.3, -0.25) is 0 Å². The Bertz CT molecular complexity index is 544. The van der Waals surface area contributed by atoms with Crippen LogP contribution in [0.5, 0.6) is 0 Å². The van der Waals surface area contributed by atoms with Gasteiger partial charge < -0.3 is 9.80 Å². The highest BCUT2D eigenvalue weighted by Crippen LogP contribution is 2.36. The Hall–Kier alpha value is -1.28. The first-order valence-corrected chi connectivity index (χ1v) is 7.75. The van der Waals surface area contributed by atoms with E-state index in [2.05, 4.69) is 9.80 Å².